The number of rotatable bonds is 8. The molecule has 1 N–H and O–H groups in total. The Morgan fingerprint density at radius 2 is 2.11 bits per heavy atom. The fourth-order valence-corrected chi connectivity index (χ4v) is 3.94. The van der Waals surface area contributed by atoms with Crippen LogP contribution in [0.3, 0.4) is 0 Å². The van der Waals surface area contributed by atoms with Crippen LogP contribution in [0.25, 0.3) is 0 Å². The normalized spacial score (nSPS) is 15.1. The van der Waals surface area contributed by atoms with E-state index in [9.17, 15) is 4.79 Å². The summed E-state index contributed by atoms with van der Waals surface area (Å²) in [6.07, 6.45) is 11.1. The van der Waals surface area contributed by atoms with Crippen LogP contribution in [0.5, 0.6) is 5.75 Å². The molecule has 2 aromatic rings. The standard InChI is InChI=1S/C22H31N3O2/c1-3-4-5-6-19-14-18(7-8-21(19)27-2)13-17-9-11-25(12-10-17)22(26)20-15-23-16-24-20/h7-8,14-17H,3-6,9-13H2,1-2H3,(H,23,24). The lowest BCUT2D eigenvalue weighted by molar-refractivity contribution is 0.0685. The molecule has 1 aliphatic heterocycles. The Kier molecular flexibility index (Phi) is 6.91. The van der Waals surface area contributed by atoms with Crippen molar-refractivity contribution in [1.29, 1.82) is 0 Å². The van der Waals surface area contributed by atoms with Crippen LogP contribution in [0.1, 0.15) is 60.6 Å². The maximum atomic E-state index is 12.4. The van der Waals surface area contributed by atoms with Crippen molar-refractivity contribution in [3.8, 4) is 5.75 Å². The Morgan fingerprint density at radius 3 is 2.78 bits per heavy atom. The Bertz CT molecular complexity index is 719. The predicted molar refractivity (Wildman–Crippen MR) is 107 cm³/mol. The van der Waals surface area contributed by atoms with Gasteiger partial charge in [-0.2, -0.15) is 0 Å². The summed E-state index contributed by atoms with van der Waals surface area (Å²) < 4.78 is 5.54. The molecule has 0 aliphatic carbocycles. The van der Waals surface area contributed by atoms with Gasteiger partial charge >= 0.3 is 0 Å². The number of amides is 1. The molecule has 1 saturated heterocycles. The lowest BCUT2D eigenvalue weighted by Crippen LogP contribution is -2.39. The number of likely N-dealkylation sites (tertiary alicyclic amines) is 1. The molecule has 1 amide bonds. The third kappa shape index (κ3) is 5.12. The summed E-state index contributed by atoms with van der Waals surface area (Å²) >= 11 is 0. The summed E-state index contributed by atoms with van der Waals surface area (Å²) in [5.74, 6) is 1.70. The zero-order chi connectivity index (χ0) is 19.1. The molecule has 0 unspecified atom stereocenters. The number of aryl methyl sites for hydroxylation is 1. The number of carbonyl (C=O) groups excluding carboxylic acids is 1. The Labute approximate surface area is 162 Å². The van der Waals surface area contributed by atoms with E-state index in [1.54, 1.807) is 19.6 Å². The number of hydrogen-bond acceptors (Lipinski definition) is 3. The number of nitrogens with one attached hydrogen (secondary N) is 1. The van der Waals surface area contributed by atoms with E-state index >= 15 is 0 Å². The summed E-state index contributed by atoms with van der Waals surface area (Å²) in [7, 11) is 1.75. The fraction of sp³-hybridized carbons (Fsp3) is 0.545. The molecular weight excluding hydrogens is 338 g/mol. The van der Waals surface area contributed by atoms with E-state index in [0.29, 0.717) is 11.6 Å². The van der Waals surface area contributed by atoms with Crippen LogP contribution in [-0.2, 0) is 12.8 Å². The SMILES string of the molecule is CCCCCc1cc(CC2CCN(C(=O)c3cnc[nH]3)CC2)ccc1OC. The van der Waals surface area contributed by atoms with E-state index in [-0.39, 0.29) is 5.91 Å². The largest absolute Gasteiger partial charge is 0.496 e. The summed E-state index contributed by atoms with van der Waals surface area (Å²) in [4.78, 5) is 21.2. The maximum absolute atomic E-state index is 12.4. The van der Waals surface area contributed by atoms with Gasteiger partial charge in [0.05, 0.1) is 19.6 Å². The monoisotopic (exact) mass is 369 g/mol. The van der Waals surface area contributed by atoms with Crippen molar-refractivity contribution in [2.24, 2.45) is 5.92 Å². The highest BCUT2D eigenvalue weighted by atomic mass is 16.5. The van der Waals surface area contributed by atoms with Crippen molar-refractivity contribution in [3.05, 3.63) is 47.5 Å². The van der Waals surface area contributed by atoms with Gasteiger partial charge in [-0.05, 0) is 55.2 Å². The van der Waals surface area contributed by atoms with Gasteiger partial charge in [-0.3, -0.25) is 4.79 Å². The number of imidazole rings is 1. The van der Waals surface area contributed by atoms with E-state index < -0.39 is 0 Å². The molecule has 0 bridgehead atoms. The van der Waals surface area contributed by atoms with Crippen LogP contribution < -0.4 is 4.74 Å². The average Bonchev–Trinajstić information content (AvgIpc) is 3.23. The van der Waals surface area contributed by atoms with Gasteiger partial charge in [0.2, 0.25) is 0 Å². The van der Waals surface area contributed by atoms with Crippen molar-refractivity contribution in [2.45, 2.75) is 51.9 Å². The molecule has 1 aromatic heterocycles. The highest BCUT2D eigenvalue weighted by Crippen LogP contribution is 2.27. The first-order chi connectivity index (χ1) is 13.2. The van der Waals surface area contributed by atoms with E-state index in [1.165, 1.54) is 30.4 Å². The molecule has 5 heteroatoms. The molecule has 1 fully saturated rings. The van der Waals surface area contributed by atoms with Gasteiger partial charge in [0.1, 0.15) is 11.4 Å². The van der Waals surface area contributed by atoms with E-state index in [2.05, 4.69) is 35.1 Å². The van der Waals surface area contributed by atoms with E-state index in [0.717, 1.165) is 44.5 Å². The summed E-state index contributed by atoms with van der Waals surface area (Å²) in [5, 5.41) is 0. The Balaban J connectivity index is 1.55. The molecule has 0 spiro atoms. The first-order valence-electron chi connectivity index (χ1n) is 10.1. The zero-order valence-corrected chi connectivity index (χ0v) is 16.5. The zero-order valence-electron chi connectivity index (χ0n) is 16.5. The van der Waals surface area contributed by atoms with Crippen molar-refractivity contribution < 1.29 is 9.53 Å². The smallest absolute Gasteiger partial charge is 0.271 e. The van der Waals surface area contributed by atoms with E-state index in [1.807, 2.05) is 4.90 Å². The molecule has 1 aromatic carbocycles. The Morgan fingerprint density at radius 1 is 1.30 bits per heavy atom. The summed E-state index contributed by atoms with van der Waals surface area (Å²) in [5.41, 5.74) is 3.30. The third-order valence-corrected chi connectivity index (χ3v) is 5.55. The van der Waals surface area contributed by atoms with Crippen LogP contribution in [0.4, 0.5) is 0 Å². The van der Waals surface area contributed by atoms with Crippen LogP contribution >= 0.6 is 0 Å². The van der Waals surface area contributed by atoms with Crippen molar-refractivity contribution in [3.63, 3.8) is 0 Å². The number of benzene rings is 1. The minimum absolute atomic E-state index is 0.0635. The lowest BCUT2D eigenvalue weighted by atomic mass is 9.89. The summed E-state index contributed by atoms with van der Waals surface area (Å²) in [6.45, 7) is 3.88. The number of H-pyrrole nitrogens is 1. The van der Waals surface area contributed by atoms with Crippen molar-refractivity contribution in [1.82, 2.24) is 14.9 Å². The number of carbonyl (C=O) groups is 1. The minimum Gasteiger partial charge on any atom is -0.496 e. The second kappa shape index (κ2) is 9.58. The van der Waals surface area contributed by atoms with Gasteiger partial charge in [-0.15, -0.1) is 0 Å². The van der Waals surface area contributed by atoms with Gasteiger partial charge in [-0.1, -0.05) is 31.9 Å². The van der Waals surface area contributed by atoms with Gasteiger partial charge in [-0.25, -0.2) is 4.98 Å². The molecule has 3 rings (SSSR count). The first-order valence-corrected chi connectivity index (χ1v) is 10.1. The number of nitrogens with zero attached hydrogens (tertiary/aromatic N) is 2. The van der Waals surface area contributed by atoms with Crippen LogP contribution in [-0.4, -0.2) is 41.0 Å². The second-order valence-corrected chi connectivity index (χ2v) is 7.51. The molecule has 0 radical (unpaired) electrons. The fourth-order valence-electron chi connectivity index (χ4n) is 3.94. The van der Waals surface area contributed by atoms with Gasteiger partial charge in [0.15, 0.2) is 0 Å². The second-order valence-electron chi connectivity index (χ2n) is 7.51. The van der Waals surface area contributed by atoms with Crippen LogP contribution in [0.15, 0.2) is 30.7 Å². The number of unbranched alkanes of at least 4 members (excludes halogenated alkanes) is 2. The van der Waals surface area contributed by atoms with Gasteiger partial charge in [0, 0.05) is 13.1 Å². The third-order valence-electron chi connectivity index (χ3n) is 5.55. The molecule has 1 aliphatic rings. The number of aromatic amines is 1. The molecule has 2 heterocycles. The number of ether oxygens (including phenoxy) is 1. The van der Waals surface area contributed by atoms with Crippen molar-refractivity contribution >= 4 is 5.91 Å². The number of piperidine rings is 1. The van der Waals surface area contributed by atoms with Crippen molar-refractivity contribution in [2.75, 3.05) is 20.2 Å². The topological polar surface area (TPSA) is 58.2 Å². The molecular formula is C22H31N3O2. The minimum atomic E-state index is 0.0635. The first kappa shape index (κ1) is 19.5. The Hall–Kier alpha value is -2.30. The molecule has 5 nitrogen and oxygen atoms in total. The van der Waals surface area contributed by atoms with E-state index in [4.69, 9.17) is 4.74 Å². The number of hydrogen-bond donors (Lipinski definition) is 1. The molecule has 146 valence electrons. The lowest BCUT2D eigenvalue weighted by Gasteiger charge is -2.31. The van der Waals surface area contributed by atoms with Crippen LogP contribution in [0, 0.1) is 5.92 Å². The average molecular weight is 370 g/mol. The number of methoxy groups -OCH3 is 1. The highest BCUT2D eigenvalue weighted by Gasteiger charge is 2.24. The van der Waals surface area contributed by atoms with Crippen LogP contribution in [0.2, 0.25) is 0 Å². The van der Waals surface area contributed by atoms with Gasteiger partial charge in [0.25, 0.3) is 5.91 Å². The quantitative estimate of drug-likeness (QED) is 0.708. The maximum Gasteiger partial charge on any atom is 0.271 e. The van der Waals surface area contributed by atoms with Gasteiger partial charge < -0.3 is 14.6 Å². The summed E-state index contributed by atoms with van der Waals surface area (Å²) in [6, 6.07) is 6.65. The molecule has 0 atom stereocenters. The number of aromatic nitrogens is 2. The molecule has 0 saturated carbocycles. The highest BCUT2D eigenvalue weighted by molar-refractivity contribution is 5.92. The molecule has 27 heavy (non-hydrogen) atoms. The predicted octanol–water partition coefficient (Wildman–Crippen LogP) is 4.25.